The minimum atomic E-state index is -0.360. The molecular formula is C15H22N2O3. The molecule has 1 aromatic rings. The maximum absolute atomic E-state index is 11.6. The molecule has 0 radical (unpaired) electrons. The lowest BCUT2D eigenvalue weighted by molar-refractivity contribution is -0.127. The van der Waals surface area contributed by atoms with E-state index in [2.05, 4.69) is 9.88 Å². The second kappa shape index (κ2) is 6.22. The van der Waals surface area contributed by atoms with Gasteiger partial charge in [0.05, 0.1) is 25.2 Å². The zero-order valence-electron chi connectivity index (χ0n) is 12.4. The summed E-state index contributed by atoms with van der Waals surface area (Å²) in [4.78, 5) is 18.1. The first kappa shape index (κ1) is 14.8. The van der Waals surface area contributed by atoms with Crippen LogP contribution in [0.25, 0.3) is 0 Å². The summed E-state index contributed by atoms with van der Waals surface area (Å²) < 4.78 is 10.2. The maximum atomic E-state index is 11.6. The first-order valence-corrected chi connectivity index (χ1v) is 7.19. The normalized spacial score (nSPS) is 18.4. The maximum Gasteiger partial charge on any atom is 0.356 e. The molecule has 2 fully saturated rings. The molecule has 110 valence electrons. The highest BCUT2D eigenvalue weighted by atomic mass is 16.5. The van der Waals surface area contributed by atoms with Gasteiger partial charge < -0.3 is 14.4 Å². The first-order valence-electron chi connectivity index (χ1n) is 7.19. The van der Waals surface area contributed by atoms with Crippen LogP contribution in [-0.4, -0.2) is 43.9 Å². The standard InChI is InChI=1S/C13H16N2O3.C2H6/c1-2-18-12(16)10-4-3-5-11(14-10)15-6-13(7-15)8-17-9-13;1-2/h3-5H,2,6-9H2,1H3;1-2H3. The molecule has 5 heteroatoms. The van der Waals surface area contributed by atoms with Crippen molar-refractivity contribution in [2.75, 3.05) is 37.8 Å². The summed E-state index contributed by atoms with van der Waals surface area (Å²) in [5.41, 5.74) is 0.724. The number of pyridine rings is 1. The van der Waals surface area contributed by atoms with E-state index in [1.54, 1.807) is 13.0 Å². The third-order valence-electron chi connectivity index (χ3n) is 3.41. The molecule has 0 N–H and O–H groups in total. The molecule has 0 aliphatic carbocycles. The van der Waals surface area contributed by atoms with E-state index >= 15 is 0 Å². The van der Waals surface area contributed by atoms with Crippen LogP contribution in [0.5, 0.6) is 0 Å². The molecule has 1 spiro atoms. The van der Waals surface area contributed by atoms with E-state index in [4.69, 9.17) is 9.47 Å². The monoisotopic (exact) mass is 278 g/mol. The minimum Gasteiger partial charge on any atom is -0.461 e. The van der Waals surface area contributed by atoms with E-state index in [0.717, 1.165) is 32.1 Å². The fraction of sp³-hybridized carbons (Fsp3) is 0.600. The predicted molar refractivity (Wildman–Crippen MR) is 77.0 cm³/mol. The van der Waals surface area contributed by atoms with Gasteiger partial charge in [-0.2, -0.15) is 0 Å². The molecule has 2 saturated heterocycles. The zero-order chi connectivity index (χ0) is 14.6. The number of hydrogen-bond donors (Lipinski definition) is 0. The third-order valence-corrected chi connectivity index (χ3v) is 3.41. The van der Waals surface area contributed by atoms with E-state index in [-0.39, 0.29) is 5.97 Å². The summed E-state index contributed by atoms with van der Waals surface area (Å²) >= 11 is 0. The number of rotatable bonds is 3. The van der Waals surface area contributed by atoms with Gasteiger partial charge in [0.2, 0.25) is 0 Å². The summed E-state index contributed by atoms with van der Waals surface area (Å²) in [6.45, 7) is 9.78. The van der Waals surface area contributed by atoms with Crippen LogP contribution in [0.4, 0.5) is 5.82 Å². The third kappa shape index (κ3) is 2.77. The van der Waals surface area contributed by atoms with Crippen molar-refractivity contribution in [2.24, 2.45) is 5.41 Å². The molecule has 2 aliphatic heterocycles. The lowest BCUT2D eigenvalue weighted by Crippen LogP contribution is -2.66. The molecule has 0 aromatic carbocycles. The SMILES string of the molecule is CC.CCOC(=O)c1cccc(N2CC3(COC3)C2)n1. The number of carbonyl (C=O) groups is 1. The highest BCUT2D eigenvalue weighted by Crippen LogP contribution is 2.39. The lowest BCUT2D eigenvalue weighted by atomic mass is 9.78. The summed E-state index contributed by atoms with van der Waals surface area (Å²) in [5, 5.41) is 0. The molecule has 3 rings (SSSR count). The fourth-order valence-corrected chi connectivity index (χ4v) is 2.42. The number of nitrogens with zero attached hydrogens (tertiary/aromatic N) is 2. The van der Waals surface area contributed by atoms with Crippen molar-refractivity contribution in [2.45, 2.75) is 20.8 Å². The predicted octanol–water partition coefficient (Wildman–Crippen LogP) is 2.12. The number of aromatic nitrogens is 1. The number of esters is 1. The van der Waals surface area contributed by atoms with Crippen molar-refractivity contribution in [1.29, 1.82) is 0 Å². The summed E-state index contributed by atoms with van der Waals surface area (Å²) in [6.07, 6.45) is 0. The van der Waals surface area contributed by atoms with E-state index in [1.807, 2.05) is 26.0 Å². The topological polar surface area (TPSA) is 51.7 Å². The van der Waals surface area contributed by atoms with Crippen LogP contribution in [0, 0.1) is 5.41 Å². The van der Waals surface area contributed by atoms with Gasteiger partial charge in [-0.05, 0) is 19.1 Å². The Bertz CT molecular complexity index is 464. The van der Waals surface area contributed by atoms with Gasteiger partial charge >= 0.3 is 5.97 Å². The van der Waals surface area contributed by atoms with Crippen molar-refractivity contribution in [1.82, 2.24) is 4.98 Å². The molecule has 0 bridgehead atoms. The first-order chi connectivity index (χ1) is 9.72. The molecule has 2 aliphatic rings. The molecule has 3 heterocycles. The summed E-state index contributed by atoms with van der Waals surface area (Å²) in [6, 6.07) is 5.45. The highest BCUT2D eigenvalue weighted by molar-refractivity contribution is 5.87. The average Bonchev–Trinajstić information content (AvgIpc) is 2.38. The van der Waals surface area contributed by atoms with Crippen LogP contribution in [-0.2, 0) is 9.47 Å². The highest BCUT2D eigenvalue weighted by Gasteiger charge is 2.49. The largest absolute Gasteiger partial charge is 0.461 e. The molecule has 20 heavy (non-hydrogen) atoms. The van der Waals surface area contributed by atoms with Crippen LogP contribution in [0.3, 0.4) is 0 Å². The van der Waals surface area contributed by atoms with E-state index < -0.39 is 0 Å². The van der Waals surface area contributed by atoms with Gasteiger partial charge in [0.15, 0.2) is 5.69 Å². The molecule has 5 nitrogen and oxygen atoms in total. The number of carbonyl (C=O) groups excluding carboxylic acids is 1. The molecule has 1 aromatic heterocycles. The van der Waals surface area contributed by atoms with Crippen LogP contribution < -0.4 is 4.90 Å². The molecule has 0 atom stereocenters. The Morgan fingerprint density at radius 2 is 2.10 bits per heavy atom. The van der Waals surface area contributed by atoms with Crippen LogP contribution in [0.1, 0.15) is 31.3 Å². The number of ether oxygens (including phenoxy) is 2. The average molecular weight is 278 g/mol. The van der Waals surface area contributed by atoms with E-state index in [0.29, 0.717) is 17.7 Å². The van der Waals surface area contributed by atoms with Gasteiger partial charge in [-0.25, -0.2) is 9.78 Å². The lowest BCUT2D eigenvalue weighted by Gasteiger charge is -2.55. The van der Waals surface area contributed by atoms with Crippen molar-refractivity contribution in [3.63, 3.8) is 0 Å². The molecule has 0 amide bonds. The van der Waals surface area contributed by atoms with Gasteiger partial charge in [0, 0.05) is 13.1 Å². The number of anilines is 1. The van der Waals surface area contributed by atoms with Crippen LogP contribution >= 0.6 is 0 Å². The van der Waals surface area contributed by atoms with Crippen molar-refractivity contribution in [3.05, 3.63) is 23.9 Å². The molecular weight excluding hydrogens is 256 g/mol. The molecule has 0 saturated carbocycles. The Morgan fingerprint density at radius 1 is 1.40 bits per heavy atom. The van der Waals surface area contributed by atoms with Crippen LogP contribution in [0.2, 0.25) is 0 Å². The second-order valence-electron chi connectivity index (χ2n) is 4.95. The molecule has 0 unspecified atom stereocenters. The van der Waals surface area contributed by atoms with E-state index in [1.165, 1.54) is 0 Å². The Kier molecular flexibility index (Phi) is 4.60. The quantitative estimate of drug-likeness (QED) is 0.793. The van der Waals surface area contributed by atoms with Gasteiger partial charge in [-0.3, -0.25) is 0 Å². The second-order valence-corrected chi connectivity index (χ2v) is 4.95. The van der Waals surface area contributed by atoms with Crippen molar-refractivity contribution in [3.8, 4) is 0 Å². The summed E-state index contributed by atoms with van der Waals surface area (Å²) in [7, 11) is 0. The summed E-state index contributed by atoms with van der Waals surface area (Å²) in [5.74, 6) is 0.486. The Labute approximate surface area is 119 Å². The smallest absolute Gasteiger partial charge is 0.356 e. The Balaban J connectivity index is 0.000000704. The van der Waals surface area contributed by atoms with Gasteiger partial charge in [0.25, 0.3) is 0 Å². The van der Waals surface area contributed by atoms with Crippen molar-refractivity contribution < 1.29 is 14.3 Å². The van der Waals surface area contributed by atoms with Crippen LogP contribution in [0.15, 0.2) is 18.2 Å². The van der Waals surface area contributed by atoms with Gasteiger partial charge in [-0.1, -0.05) is 19.9 Å². The Hall–Kier alpha value is -1.62. The van der Waals surface area contributed by atoms with Crippen molar-refractivity contribution >= 4 is 11.8 Å². The van der Waals surface area contributed by atoms with Gasteiger partial charge in [-0.15, -0.1) is 0 Å². The zero-order valence-corrected chi connectivity index (χ0v) is 12.4. The van der Waals surface area contributed by atoms with E-state index in [9.17, 15) is 4.79 Å². The fourth-order valence-electron chi connectivity index (χ4n) is 2.42. The Morgan fingerprint density at radius 3 is 2.65 bits per heavy atom. The number of hydrogen-bond acceptors (Lipinski definition) is 5. The minimum absolute atomic E-state index is 0.349. The van der Waals surface area contributed by atoms with Gasteiger partial charge in [0.1, 0.15) is 5.82 Å².